The molecule has 2 saturated heterocycles. The van der Waals surface area contributed by atoms with E-state index in [0.29, 0.717) is 50.6 Å². The maximum absolute atomic E-state index is 13.5. The number of rotatable bonds is 4. The van der Waals surface area contributed by atoms with E-state index in [1.807, 2.05) is 12.1 Å². The number of ether oxygens (including phenoxy) is 2. The van der Waals surface area contributed by atoms with Crippen molar-refractivity contribution in [3.63, 3.8) is 0 Å². The van der Waals surface area contributed by atoms with E-state index in [0.717, 1.165) is 5.56 Å². The Morgan fingerprint density at radius 1 is 1.14 bits per heavy atom. The first-order chi connectivity index (χ1) is 14.1. The fourth-order valence-electron chi connectivity index (χ4n) is 3.43. The van der Waals surface area contributed by atoms with Crippen molar-refractivity contribution < 1.29 is 23.5 Å². The predicted molar refractivity (Wildman–Crippen MR) is 104 cm³/mol. The molecule has 2 fully saturated rings. The third-order valence-electron chi connectivity index (χ3n) is 5.00. The molecule has 2 aromatic carbocycles. The Hall–Kier alpha value is -3.13. The molecule has 0 radical (unpaired) electrons. The highest BCUT2D eigenvalue weighted by molar-refractivity contribution is 5.89. The van der Waals surface area contributed by atoms with Crippen LogP contribution in [0.4, 0.5) is 19.7 Å². The summed E-state index contributed by atoms with van der Waals surface area (Å²) in [6, 6.07) is 13.4. The molecule has 0 saturated carbocycles. The van der Waals surface area contributed by atoms with E-state index in [4.69, 9.17) is 9.47 Å². The number of cyclic esters (lactones) is 1. The largest absolute Gasteiger partial charge is 0.448 e. The zero-order valence-electron chi connectivity index (χ0n) is 15.8. The fourth-order valence-corrected chi connectivity index (χ4v) is 3.43. The van der Waals surface area contributed by atoms with Crippen LogP contribution in [0.5, 0.6) is 0 Å². The lowest BCUT2D eigenvalue weighted by Gasteiger charge is -2.33. The zero-order chi connectivity index (χ0) is 20.2. The highest BCUT2D eigenvalue weighted by Gasteiger charge is 2.26. The number of carbonyl (C=O) groups is 2. The molecule has 0 spiro atoms. The van der Waals surface area contributed by atoms with Gasteiger partial charge >= 0.3 is 12.1 Å². The van der Waals surface area contributed by atoms with Crippen LogP contribution < -0.4 is 5.32 Å². The van der Waals surface area contributed by atoms with Crippen LogP contribution in [0.15, 0.2) is 48.5 Å². The normalized spacial score (nSPS) is 19.2. The van der Waals surface area contributed by atoms with Gasteiger partial charge in [-0.3, -0.25) is 0 Å². The van der Waals surface area contributed by atoms with Gasteiger partial charge in [0.05, 0.1) is 19.7 Å². The number of morpholine rings is 1. The van der Waals surface area contributed by atoms with E-state index < -0.39 is 0 Å². The minimum atomic E-state index is -0.354. The Morgan fingerprint density at radius 2 is 1.97 bits per heavy atom. The fraction of sp³-hybridized carbons (Fsp3) is 0.333. The van der Waals surface area contributed by atoms with Crippen LogP contribution in [-0.2, 0) is 16.0 Å². The van der Waals surface area contributed by atoms with Gasteiger partial charge in [0.1, 0.15) is 18.5 Å². The Labute approximate surface area is 168 Å². The number of anilines is 1. The monoisotopic (exact) mass is 399 g/mol. The average molecular weight is 399 g/mol. The summed E-state index contributed by atoms with van der Waals surface area (Å²) in [4.78, 5) is 27.5. The minimum Gasteiger partial charge on any atom is -0.448 e. The van der Waals surface area contributed by atoms with Crippen molar-refractivity contribution in [3.05, 3.63) is 65.5 Å². The predicted octanol–water partition coefficient (Wildman–Crippen LogP) is 3.38. The lowest BCUT2D eigenvalue weighted by atomic mass is 10.1. The van der Waals surface area contributed by atoms with Crippen molar-refractivity contribution in [2.75, 3.05) is 38.2 Å². The van der Waals surface area contributed by atoms with Crippen LogP contribution in [0.3, 0.4) is 0 Å². The summed E-state index contributed by atoms with van der Waals surface area (Å²) in [7, 11) is 0. The van der Waals surface area contributed by atoms with Gasteiger partial charge in [0.15, 0.2) is 0 Å². The number of amides is 3. The zero-order valence-corrected chi connectivity index (χ0v) is 15.8. The van der Waals surface area contributed by atoms with E-state index in [9.17, 15) is 14.0 Å². The molecule has 2 aliphatic rings. The highest BCUT2D eigenvalue weighted by atomic mass is 19.1. The number of halogens is 1. The second-order valence-corrected chi connectivity index (χ2v) is 7.02. The summed E-state index contributed by atoms with van der Waals surface area (Å²) < 4.78 is 24.1. The summed E-state index contributed by atoms with van der Waals surface area (Å²) in [6.07, 6.45) is -0.657. The molecule has 8 heteroatoms. The molecule has 152 valence electrons. The molecule has 0 bridgehead atoms. The number of hydrogen-bond acceptors (Lipinski definition) is 4. The van der Waals surface area contributed by atoms with E-state index in [2.05, 4.69) is 5.32 Å². The first kappa shape index (κ1) is 19.2. The topological polar surface area (TPSA) is 71.1 Å². The molecule has 2 heterocycles. The first-order valence-corrected chi connectivity index (χ1v) is 9.52. The molecular formula is C21H22FN3O4. The third kappa shape index (κ3) is 4.65. The minimum absolute atomic E-state index is 0.231. The van der Waals surface area contributed by atoms with Crippen molar-refractivity contribution in [2.45, 2.75) is 12.6 Å². The van der Waals surface area contributed by atoms with Crippen LogP contribution in [-0.4, -0.2) is 54.8 Å². The molecule has 1 unspecified atom stereocenters. The number of benzene rings is 2. The maximum atomic E-state index is 13.5. The standard InChI is InChI=1S/C21H22FN3O4/c22-17-3-1-2-16(12-17)19-14-24(8-10-28-19)20(26)23-18-6-4-15(5-7-18)13-25-9-11-29-21(25)27/h1-7,12,19H,8-11,13-14H2,(H,23,26). The van der Waals surface area contributed by atoms with Crippen molar-refractivity contribution >= 4 is 17.8 Å². The van der Waals surface area contributed by atoms with E-state index >= 15 is 0 Å². The number of urea groups is 1. The van der Waals surface area contributed by atoms with Gasteiger partial charge in [-0.2, -0.15) is 0 Å². The second-order valence-electron chi connectivity index (χ2n) is 7.02. The molecule has 0 aromatic heterocycles. The Bertz CT molecular complexity index is 890. The van der Waals surface area contributed by atoms with Gasteiger partial charge in [-0.15, -0.1) is 0 Å². The Morgan fingerprint density at radius 3 is 2.69 bits per heavy atom. The van der Waals surface area contributed by atoms with Gasteiger partial charge in [-0.05, 0) is 35.4 Å². The SMILES string of the molecule is O=C(Nc1ccc(CN2CCOC2=O)cc1)N1CCOC(c2cccc(F)c2)C1. The van der Waals surface area contributed by atoms with E-state index in [-0.39, 0.29) is 24.0 Å². The highest BCUT2D eigenvalue weighted by Crippen LogP contribution is 2.23. The van der Waals surface area contributed by atoms with Gasteiger partial charge in [0.25, 0.3) is 0 Å². The molecule has 1 N–H and O–H groups in total. The van der Waals surface area contributed by atoms with Crippen LogP contribution in [0.25, 0.3) is 0 Å². The summed E-state index contributed by atoms with van der Waals surface area (Å²) in [6.45, 7) is 2.69. The second kappa shape index (κ2) is 8.48. The van der Waals surface area contributed by atoms with Crippen molar-refractivity contribution in [1.82, 2.24) is 9.80 Å². The average Bonchev–Trinajstić information content (AvgIpc) is 3.14. The van der Waals surface area contributed by atoms with Gasteiger partial charge in [-0.1, -0.05) is 24.3 Å². The lowest BCUT2D eigenvalue weighted by Crippen LogP contribution is -2.44. The van der Waals surface area contributed by atoms with Crippen molar-refractivity contribution in [1.29, 1.82) is 0 Å². The van der Waals surface area contributed by atoms with Crippen molar-refractivity contribution in [3.8, 4) is 0 Å². The number of carbonyl (C=O) groups excluding carboxylic acids is 2. The van der Waals surface area contributed by atoms with E-state index in [1.54, 1.807) is 34.1 Å². The van der Waals surface area contributed by atoms with Crippen LogP contribution in [0.1, 0.15) is 17.2 Å². The Balaban J connectivity index is 1.34. The van der Waals surface area contributed by atoms with Crippen LogP contribution in [0.2, 0.25) is 0 Å². The molecule has 3 amide bonds. The van der Waals surface area contributed by atoms with Crippen LogP contribution in [0, 0.1) is 5.82 Å². The molecule has 29 heavy (non-hydrogen) atoms. The molecule has 1 atom stereocenters. The molecule has 7 nitrogen and oxygen atoms in total. The van der Waals surface area contributed by atoms with Crippen LogP contribution >= 0.6 is 0 Å². The Kier molecular flexibility index (Phi) is 5.62. The smallest absolute Gasteiger partial charge is 0.410 e. The number of nitrogens with zero attached hydrogens (tertiary/aromatic N) is 2. The summed E-state index contributed by atoms with van der Waals surface area (Å²) in [5.74, 6) is -0.324. The van der Waals surface area contributed by atoms with Crippen molar-refractivity contribution in [2.24, 2.45) is 0 Å². The van der Waals surface area contributed by atoms with Gasteiger partial charge in [-0.25, -0.2) is 14.0 Å². The summed E-state index contributed by atoms with van der Waals surface area (Å²) >= 11 is 0. The summed E-state index contributed by atoms with van der Waals surface area (Å²) in [5, 5.41) is 2.88. The summed E-state index contributed by atoms with van der Waals surface area (Å²) in [5.41, 5.74) is 2.34. The third-order valence-corrected chi connectivity index (χ3v) is 5.00. The molecule has 2 aromatic rings. The van der Waals surface area contributed by atoms with E-state index in [1.165, 1.54) is 12.1 Å². The quantitative estimate of drug-likeness (QED) is 0.856. The molecular weight excluding hydrogens is 377 g/mol. The number of nitrogens with one attached hydrogen (secondary N) is 1. The lowest BCUT2D eigenvalue weighted by molar-refractivity contribution is -0.0136. The molecule has 4 rings (SSSR count). The van der Waals surface area contributed by atoms with Gasteiger partial charge < -0.3 is 24.6 Å². The van der Waals surface area contributed by atoms with Gasteiger partial charge in [0.2, 0.25) is 0 Å². The molecule has 2 aliphatic heterocycles. The first-order valence-electron chi connectivity index (χ1n) is 9.52. The maximum Gasteiger partial charge on any atom is 0.410 e. The molecule has 0 aliphatic carbocycles. The number of hydrogen-bond donors (Lipinski definition) is 1. The van der Waals surface area contributed by atoms with Gasteiger partial charge in [0, 0.05) is 18.8 Å².